The van der Waals surface area contributed by atoms with Crippen LogP contribution in [0, 0.1) is 0 Å². The molecule has 0 bridgehead atoms. The second-order valence-electron chi connectivity index (χ2n) is 4.59. The van der Waals surface area contributed by atoms with Gasteiger partial charge in [0.2, 0.25) is 0 Å². The van der Waals surface area contributed by atoms with Gasteiger partial charge in [-0.15, -0.1) is 0 Å². The normalized spacial score (nSPS) is 18.9. The second kappa shape index (κ2) is 5.76. The molecule has 1 heterocycles. The Hall–Kier alpha value is -1.71. The van der Waals surface area contributed by atoms with Gasteiger partial charge in [0.05, 0.1) is 12.8 Å². The minimum absolute atomic E-state index is 0.232. The van der Waals surface area contributed by atoms with Crippen molar-refractivity contribution in [3.63, 3.8) is 0 Å². The lowest BCUT2D eigenvalue weighted by atomic mass is 10.1. The Morgan fingerprint density at radius 3 is 3.00 bits per heavy atom. The molecule has 2 rings (SSSR count). The SMILES string of the molecule is COc1ccccc1N1CCCC1CCC(=O)O. The van der Waals surface area contributed by atoms with Crippen LogP contribution in [-0.4, -0.2) is 30.8 Å². The maximum Gasteiger partial charge on any atom is 0.303 e. The third-order valence-electron chi connectivity index (χ3n) is 3.46. The number of carbonyl (C=O) groups is 1. The van der Waals surface area contributed by atoms with E-state index in [1.54, 1.807) is 7.11 Å². The van der Waals surface area contributed by atoms with Crippen LogP contribution >= 0.6 is 0 Å². The number of hydrogen-bond acceptors (Lipinski definition) is 3. The molecule has 98 valence electrons. The number of ether oxygens (including phenoxy) is 1. The lowest BCUT2D eigenvalue weighted by Gasteiger charge is -2.27. The van der Waals surface area contributed by atoms with Crippen molar-refractivity contribution < 1.29 is 14.6 Å². The Labute approximate surface area is 107 Å². The van der Waals surface area contributed by atoms with E-state index in [4.69, 9.17) is 9.84 Å². The highest BCUT2D eigenvalue weighted by molar-refractivity contribution is 5.67. The fourth-order valence-corrected chi connectivity index (χ4v) is 2.61. The van der Waals surface area contributed by atoms with Crippen LogP contribution in [0.1, 0.15) is 25.7 Å². The summed E-state index contributed by atoms with van der Waals surface area (Å²) in [6.07, 6.45) is 3.11. The first-order valence-electron chi connectivity index (χ1n) is 6.34. The summed E-state index contributed by atoms with van der Waals surface area (Å²) in [4.78, 5) is 13.0. The van der Waals surface area contributed by atoms with Gasteiger partial charge in [-0.3, -0.25) is 4.79 Å². The number of anilines is 1. The summed E-state index contributed by atoms with van der Waals surface area (Å²) in [5.74, 6) is 0.140. The smallest absolute Gasteiger partial charge is 0.303 e. The summed E-state index contributed by atoms with van der Waals surface area (Å²) >= 11 is 0. The number of para-hydroxylation sites is 2. The Balaban J connectivity index is 2.12. The van der Waals surface area contributed by atoms with Crippen LogP contribution in [0.3, 0.4) is 0 Å². The standard InChI is InChI=1S/C14H19NO3/c1-18-13-7-3-2-6-12(13)15-10-4-5-11(15)8-9-14(16)17/h2-3,6-7,11H,4-5,8-10H2,1H3,(H,16,17). The van der Waals surface area contributed by atoms with Gasteiger partial charge in [0.1, 0.15) is 5.75 Å². The molecule has 0 radical (unpaired) electrons. The van der Waals surface area contributed by atoms with E-state index in [0.717, 1.165) is 30.8 Å². The lowest BCUT2D eigenvalue weighted by Crippen LogP contribution is -2.30. The Morgan fingerprint density at radius 1 is 1.50 bits per heavy atom. The minimum atomic E-state index is -0.720. The molecule has 1 atom stereocenters. The maximum absolute atomic E-state index is 10.7. The second-order valence-corrected chi connectivity index (χ2v) is 4.59. The molecule has 1 unspecified atom stereocenters. The number of benzene rings is 1. The zero-order valence-corrected chi connectivity index (χ0v) is 10.6. The molecule has 4 nitrogen and oxygen atoms in total. The number of carboxylic acid groups (broad SMARTS) is 1. The van der Waals surface area contributed by atoms with Crippen LogP contribution in [0.25, 0.3) is 0 Å². The number of hydrogen-bond donors (Lipinski definition) is 1. The van der Waals surface area contributed by atoms with Crippen molar-refractivity contribution in [2.75, 3.05) is 18.6 Å². The topological polar surface area (TPSA) is 49.8 Å². The van der Waals surface area contributed by atoms with E-state index >= 15 is 0 Å². The zero-order valence-electron chi connectivity index (χ0n) is 10.6. The monoisotopic (exact) mass is 249 g/mol. The van der Waals surface area contributed by atoms with Crippen molar-refractivity contribution in [1.82, 2.24) is 0 Å². The largest absolute Gasteiger partial charge is 0.495 e. The average Bonchev–Trinajstić information content (AvgIpc) is 2.84. The highest BCUT2D eigenvalue weighted by Crippen LogP contribution is 2.34. The molecule has 0 aliphatic carbocycles. The Morgan fingerprint density at radius 2 is 2.28 bits per heavy atom. The van der Waals surface area contributed by atoms with E-state index in [-0.39, 0.29) is 6.42 Å². The third kappa shape index (κ3) is 2.75. The summed E-state index contributed by atoms with van der Waals surface area (Å²) in [7, 11) is 1.67. The molecular formula is C14H19NO3. The number of rotatable bonds is 5. The highest BCUT2D eigenvalue weighted by Gasteiger charge is 2.26. The Bertz CT molecular complexity index is 419. The van der Waals surface area contributed by atoms with E-state index in [2.05, 4.69) is 4.90 Å². The molecule has 1 aromatic rings. The molecule has 1 aliphatic rings. The molecular weight excluding hydrogens is 230 g/mol. The highest BCUT2D eigenvalue weighted by atomic mass is 16.5. The van der Waals surface area contributed by atoms with Crippen molar-refractivity contribution in [3.05, 3.63) is 24.3 Å². The van der Waals surface area contributed by atoms with Crippen molar-refractivity contribution in [2.24, 2.45) is 0 Å². The van der Waals surface area contributed by atoms with E-state index in [1.807, 2.05) is 24.3 Å². The molecule has 18 heavy (non-hydrogen) atoms. The first kappa shape index (κ1) is 12.7. The predicted molar refractivity (Wildman–Crippen MR) is 70.2 cm³/mol. The maximum atomic E-state index is 10.7. The van der Waals surface area contributed by atoms with Crippen LogP contribution in [0.2, 0.25) is 0 Å². The molecule has 1 saturated heterocycles. The molecule has 0 saturated carbocycles. The van der Waals surface area contributed by atoms with Gasteiger partial charge in [0.15, 0.2) is 0 Å². The van der Waals surface area contributed by atoms with Crippen molar-refractivity contribution in [1.29, 1.82) is 0 Å². The number of methoxy groups -OCH3 is 1. The molecule has 1 aromatic carbocycles. The molecule has 1 N–H and O–H groups in total. The van der Waals surface area contributed by atoms with E-state index in [9.17, 15) is 4.79 Å². The average molecular weight is 249 g/mol. The summed E-state index contributed by atoms with van der Waals surface area (Å²) in [6.45, 7) is 0.977. The van der Waals surface area contributed by atoms with Gasteiger partial charge < -0.3 is 14.7 Å². The fraction of sp³-hybridized carbons (Fsp3) is 0.500. The summed E-state index contributed by atoms with van der Waals surface area (Å²) in [6, 6.07) is 8.24. The Kier molecular flexibility index (Phi) is 4.07. The number of aliphatic carboxylic acids is 1. The van der Waals surface area contributed by atoms with Gasteiger partial charge in [0, 0.05) is 19.0 Å². The number of carboxylic acids is 1. The summed E-state index contributed by atoms with van der Waals surface area (Å²) in [5, 5.41) is 8.79. The van der Waals surface area contributed by atoms with Gasteiger partial charge in [0.25, 0.3) is 0 Å². The molecule has 0 amide bonds. The van der Waals surface area contributed by atoms with Crippen LogP contribution < -0.4 is 9.64 Å². The lowest BCUT2D eigenvalue weighted by molar-refractivity contribution is -0.137. The van der Waals surface area contributed by atoms with Crippen LogP contribution in [-0.2, 0) is 4.79 Å². The zero-order chi connectivity index (χ0) is 13.0. The predicted octanol–water partition coefficient (Wildman–Crippen LogP) is 2.53. The molecule has 4 heteroatoms. The molecule has 1 fully saturated rings. The fourth-order valence-electron chi connectivity index (χ4n) is 2.61. The van der Waals surface area contributed by atoms with Crippen molar-refractivity contribution >= 4 is 11.7 Å². The van der Waals surface area contributed by atoms with Crippen LogP contribution in [0.15, 0.2) is 24.3 Å². The van der Waals surface area contributed by atoms with Gasteiger partial charge in [-0.2, -0.15) is 0 Å². The van der Waals surface area contributed by atoms with Gasteiger partial charge in [-0.25, -0.2) is 0 Å². The summed E-state index contributed by atoms with van der Waals surface area (Å²) in [5.41, 5.74) is 1.08. The van der Waals surface area contributed by atoms with Gasteiger partial charge in [-0.1, -0.05) is 12.1 Å². The third-order valence-corrected chi connectivity index (χ3v) is 3.46. The van der Waals surface area contributed by atoms with Gasteiger partial charge >= 0.3 is 5.97 Å². The van der Waals surface area contributed by atoms with E-state index in [1.165, 1.54) is 0 Å². The molecule has 0 aromatic heterocycles. The first-order valence-corrected chi connectivity index (χ1v) is 6.34. The van der Waals surface area contributed by atoms with Crippen LogP contribution in [0.5, 0.6) is 5.75 Å². The van der Waals surface area contributed by atoms with Gasteiger partial charge in [-0.05, 0) is 31.4 Å². The molecule has 1 aliphatic heterocycles. The first-order chi connectivity index (χ1) is 8.72. The van der Waals surface area contributed by atoms with Crippen molar-refractivity contribution in [3.8, 4) is 5.75 Å². The minimum Gasteiger partial charge on any atom is -0.495 e. The number of nitrogens with zero attached hydrogens (tertiary/aromatic N) is 1. The van der Waals surface area contributed by atoms with E-state index in [0.29, 0.717) is 12.5 Å². The van der Waals surface area contributed by atoms with E-state index < -0.39 is 5.97 Å². The summed E-state index contributed by atoms with van der Waals surface area (Å²) < 4.78 is 5.37. The van der Waals surface area contributed by atoms with Crippen LogP contribution in [0.4, 0.5) is 5.69 Å². The molecule has 0 spiro atoms. The van der Waals surface area contributed by atoms with Crippen molar-refractivity contribution in [2.45, 2.75) is 31.7 Å². The quantitative estimate of drug-likeness (QED) is 0.871.